The van der Waals surface area contributed by atoms with Gasteiger partial charge in [0, 0.05) is 0 Å². The number of fused-ring (bicyclic) bond motifs is 2. The van der Waals surface area contributed by atoms with E-state index in [1.807, 2.05) is 43.3 Å². The van der Waals surface area contributed by atoms with Crippen LogP contribution in [-0.4, -0.2) is 37.6 Å². The third kappa shape index (κ3) is 3.51. The summed E-state index contributed by atoms with van der Waals surface area (Å²) in [4.78, 5) is 24.6. The molecule has 0 saturated heterocycles. The number of rotatable bonds is 2. The minimum absolute atomic E-state index is 0.140. The third-order valence-corrected chi connectivity index (χ3v) is 4.64. The summed E-state index contributed by atoms with van der Waals surface area (Å²) in [5.74, 6) is 0.871. The van der Waals surface area contributed by atoms with Gasteiger partial charge in [0.1, 0.15) is 24.7 Å². The van der Waals surface area contributed by atoms with Gasteiger partial charge in [0.2, 0.25) is 0 Å². The highest BCUT2D eigenvalue weighted by Gasteiger charge is 2.22. The van der Waals surface area contributed by atoms with Crippen LogP contribution >= 0.6 is 0 Å². The minimum Gasteiger partial charge on any atom is -0.491 e. The fourth-order valence-corrected chi connectivity index (χ4v) is 3.23. The number of hydrogen-bond donors (Lipinski definition) is 2. The Kier molecular flexibility index (Phi) is 4.54. The Balaban J connectivity index is 1.58. The van der Waals surface area contributed by atoms with Gasteiger partial charge in [-0.05, 0) is 42.3 Å². The highest BCUT2D eigenvalue weighted by molar-refractivity contribution is 5.98. The average Bonchev–Trinajstić information content (AvgIpc) is 2.96. The Morgan fingerprint density at radius 2 is 1.85 bits per heavy atom. The molecule has 2 aliphatic rings. The smallest absolute Gasteiger partial charge is 0.255 e. The number of carbonyl (C=O) groups is 2. The van der Waals surface area contributed by atoms with Crippen LogP contribution in [0.2, 0.25) is 0 Å². The summed E-state index contributed by atoms with van der Waals surface area (Å²) in [6.07, 6.45) is 1.95. The fourth-order valence-electron chi connectivity index (χ4n) is 3.23. The third-order valence-electron chi connectivity index (χ3n) is 4.64. The van der Waals surface area contributed by atoms with E-state index in [1.54, 1.807) is 12.1 Å². The molecular formula is C21H20N2O4. The molecule has 2 aromatic carbocycles. The average molecular weight is 364 g/mol. The zero-order chi connectivity index (χ0) is 18.8. The van der Waals surface area contributed by atoms with Crippen molar-refractivity contribution in [3.05, 3.63) is 65.2 Å². The van der Waals surface area contributed by atoms with Crippen molar-refractivity contribution in [2.45, 2.75) is 13.0 Å². The van der Waals surface area contributed by atoms with Crippen molar-refractivity contribution in [2.24, 2.45) is 0 Å². The molecule has 0 bridgehead atoms. The summed E-state index contributed by atoms with van der Waals surface area (Å²) >= 11 is 0. The van der Waals surface area contributed by atoms with Crippen LogP contribution in [0.4, 0.5) is 0 Å². The molecule has 0 radical (unpaired) electrons. The van der Waals surface area contributed by atoms with E-state index in [9.17, 15) is 9.59 Å². The van der Waals surface area contributed by atoms with Crippen LogP contribution < -0.4 is 20.1 Å². The maximum Gasteiger partial charge on any atom is 0.255 e. The predicted octanol–water partition coefficient (Wildman–Crippen LogP) is 2.40. The monoisotopic (exact) mass is 364 g/mol. The van der Waals surface area contributed by atoms with E-state index in [0.717, 1.165) is 11.1 Å². The number of benzene rings is 2. The Morgan fingerprint density at radius 3 is 2.74 bits per heavy atom. The molecule has 2 N–H and O–H groups in total. The molecule has 138 valence electrons. The Hall–Kier alpha value is -3.28. The molecule has 0 saturated carbocycles. The molecule has 2 amide bonds. The molecular weight excluding hydrogens is 344 g/mol. The van der Waals surface area contributed by atoms with E-state index in [-0.39, 0.29) is 17.9 Å². The van der Waals surface area contributed by atoms with Gasteiger partial charge in [-0.3, -0.25) is 9.59 Å². The number of carbonyl (C=O) groups excluding carboxylic acids is 2. The molecule has 6 heteroatoms. The topological polar surface area (TPSA) is 76.7 Å². The highest BCUT2D eigenvalue weighted by atomic mass is 16.5. The van der Waals surface area contributed by atoms with Gasteiger partial charge < -0.3 is 20.1 Å². The van der Waals surface area contributed by atoms with Gasteiger partial charge in [0.15, 0.2) is 0 Å². The largest absolute Gasteiger partial charge is 0.491 e. The van der Waals surface area contributed by atoms with E-state index in [4.69, 9.17) is 9.47 Å². The van der Waals surface area contributed by atoms with Crippen molar-refractivity contribution in [3.63, 3.8) is 0 Å². The van der Waals surface area contributed by atoms with Gasteiger partial charge in [-0.15, -0.1) is 0 Å². The van der Waals surface area contributed by atoms with Gasteiger partial charge >= 0.3 is 0 Å². The lowest BCUT2D eigenvalue weighted by atomic mass is 10.0. The van der Waals surface area contributed by atoms with E-state index in [1.165, 1.54) is 0 Å². The van der Waals surface area contributed by atoms with Gasteiger partial charge in [-0.1, -0.05) is 24.3 Å². The maximum atomic E-state index is 12.4. The lowest BCUT2D eigenvalue weighted by molar-refractivity contribution is 0.0942. The lowest BCUT2D eigenvalue weighted by Crippen LogP contribution is -2.35. The van der Waals surface area contributed by atoms with Crippen molar-refractivity contribution in [2.75, 3.05) is 19.8 Å². The number of ether oxygens (including phenoxy) is 2. The number of para-hydroxylation sites is 1. The minimum atomic E-state index is -0.270. The SMILES string of the molecule is C/C(=C/C1COc2ccccc2C(=O)N1)c1ccc2c(c1)C(=O)NCCO2. The molecule has 6 nitrogen and oxygen atoms in total. The molecule has 0 aromatic heterocycles. The molecule has 2 heterocycles. The first-order chi connectivity index (χ1) is 13.1. The van der Waals surface area contributed by atoms with Crippen molar-refractivity contribution >= 4 is 17.4 Å². The van der Waals surface area contributed by atoms with Crippen LogP contribution in [0.5, 0.6) is 11.5 Å². The van der Waals surface area contributed by atoms with E-state index in [2.05, 4.69) is 10.6 Å². The van der Waals surface area contributed by atoms with Crippen molar-refractivity contribution in [1.29, 1.82) is 0 Å². The molecule has 0 spiro atoms. The van der Waals surface area contributed by atoms with E-state index >= 15 is 0 Å². The second-order valence-electron chi connectivity index (χ2n) is 6.55. The highest BCUT2D eigenvalue weighted by Crippen LogP contribution is 2.26. The second-order valence-corrected chi connectivity index (χ2v) is 6.55. The summed E-state index contributed by atoms with van der Waals surface area (Å²) in [5, 5.41) is 5.78. The fraction of sp³-hybridized carbons (Fsp3) is 0.238. The van der Waals surface area contributed by atoms with Crippen molar-refractivity contribution in [3.8, 4) is 11.5 Å². The quantitative estimate of drug-likeness (QED) is 0.858. The Bertz CT molecular complexity index is 936. The van der Waals surface area contributed by atoms with Gasteiger partial charge in [0.25, 0.3) is 11.8 Å². The Morgan fingerprint density at radius 1 is 1.04 bits per heavy atom. The van der Waals surface area contributed by atoms with Crippen LogP contribution in [0.15, 0.2) is 48.5 Å². The summed E-state index contributed by atoms with van der Waals surface area (Å²) in [6, 6.07) is 12.5. The number of hydrogen-bond acceptors (Lipinski definition) is 4. The first-order valence-corrected chi connectivity index (χ1v) is 8.88. The first-order valence-electron chi connectivity index (χ1n) is 8.88. The second kappa shape index (κ2) is 7.15. The maximum absolute atomic E-state index is 12.4. The summed E-state index contributed by atoms with van der Waals surface area (Å²) in [6.45, 7) is 3.23. The van der Waals surface area contributed by atoms with Crippen LogP contribution in [-0.2, 0) is 0 Å². The first kappa shape index (κ1) is 17.1. The van der Waals surface area contributed by atoms with Crippen molar-refractivity contribution in [1.82, 2.24) is 10.6 Å². The van der Waals surface area contributed by atoms with Crippen molar-refractivity contribution < 1.29 is 19.1 Å². The van der Waals surface area contributed by atoms with Gasteiger partial charge in [-0.2, -0.15) is 0 Å². The van der Waals surface area contributed by atoms with E-state index < -0.39 is 0 Å². The van der Waals surface area contributed by atoms with Crippen LogP contribution in [0, 0.1) is 0 Å². The molecule has 27 heavy (non-hydrogen) atoms. The molecule has 1 atom stereocenters. The summed E-state index contributed by atoms with van der Waals surface area (Å²) in [7, 11) is 0. The van der Waals surface area contributed by atoms with Crippen LogP contribution in [0.1, 0.15) is 33.2 Å². The molecule has 4 rings (SSSR count). The molecule has 2 aliphatic heterocycles. The summed E-state index contributed by atoms with van der Waals surface area (Å²) < 4.78 is 11.4. The normalized spacial score (nSPS) is 19.3. The zero-order valence-electron chi connectivity index (χ0n) is 15.0. The summed E-state index contributed by atoms with van der Waals surface area (Å²) in [5.41, 5.74) is 2.89. The zero-order valence-corrected chi connectivity index (χ0v) is 15.0. The lowest BCUT2D eigenvalue weighted by Gasteiger charge is -2.14. The molecule has 1 unspecified atom stereocenters. The molecule has 2 aromatic rings. The molecule has 0 aliphatic carbocycles. The molecule has 0 fully saturated rings. The number of allylic oxidation sites excluding steroid dienone is 1. The number of amides is 2. The van der Waals surface area contributed by atoms with Gasteiger partial charge in [-0.25, -0.2) is 0 Å². The number of nitrogens with one attached hydrogen (secondary N) is 2. The predicted molar refractivity (Wildman–Crippen MR) is 101 cm³/mol. The van der Waals surface area contributed by atoms with Gasteiger partial charge in [0.05, 0.1) is 23.7 Å². The van der Waals surface area contributed by atoms with Crippen LogP contribution in [0.3, 0.4) is 0 Å². The van der Waals surface area contributed by atoms with E-state index in [0.29, 0.717) is 42.4 Å². The van der Waals surface area contributed by atoms with Crippen LogP contribution in [0.25, 0.3) is 5.57 Å². The standard InChI is InChI=1S/C21H20N2O4/c1-13(14-6-7-19-17(11-14)20(24)22-8-9-26-19)10-15-12-27-18-5-3-2-4-16(18)21(25)23-15/h2-7,10-11,15H,8-9,12H2,1H3,(H,22,24)(H,23,25)/b13-10-. The Labute approximate surface area is 157 Å².